The van der Waals surface area contributed by atoms with E-state index in [0.29, 0.717) is 64.2 Å². The maximum absolute atomic E-state index is 13.5. The quantitative estimate of drug-likeness (QED) is 0.819. The van der Waals surface area contributed by atoms with Gasteiger partial charge in [-0.05, 0) is 0 Å². The third-order valence-corrected chi connectivity index (χ3v) is 4.65. The monoisotopic (exact) mass is 393 g/mol. The fraction of sp³-hybridized carbons (Fsp3) is 0.529. The van der Waals surface area contributed by atoms with Crippen LogP contribution in [0.3, 0.4) is 0 Å². The smallest absolute Gasteiger partial charge is 0.281 e. The molecule has 150 valence electrons. The fourth-order valence-electron chi connectivity index (χ4n) is 3.20. The Morgan fingerprint density at radius 1 is 0.893 bits per heavy atom. The fourth-order valence-corrected chi connectivity index (χ4v) is 3.20. The minimum absolute atomic E-state index is 0.0776. The number of anilines is 3. The third kappa shape index (κ3) is 3.94. The van der Waals surface area contributed by atoms with Crippen molar-refractivity contribution in [1.82, 2.24) is 19.9 Å². The lowest BCUT2D eigenvalue weighted by atomic mass is 10.2. The van der Waals surface area contributed by atoms with Gasteiger partial charge in [-0.3, -0.25) is 0 Å². The van der Waals surface area contributed by atoms with Gasteiger partial charge in [0.2, 0.25) is 5.95 Å². The molecule has 0 atom stereocenters. The highest BCUT2D eigenvalue weighted by atomic mass is 19.3. The number of nitrogens with two attached hydrogens (primary N) is 1. The van der Waals surface area contributed by atoms with Crippen LogP contribution >= 0.6 is 0 Å². The van der Waals surface area contributed by atoms with Gasteiger partial charge in [0.25, 0.3) is 6.43 Å². The molecule has 0 saturated carbocycles. The Kier molecular flexibility index (Phi) is 5.44. The molecule has 2 aromatic rings. The van der Waals surface area contributed by atoms with Crippen LogP contribution in [0.2, 0.25) is 0 Å². The Morgan fingerprint density at radius 2 is 1.43 bits per heavy atom. The lowest BCUT2D eigenvalue weighted by molar-refractivity contribution is 0.122. The number of aromatic nitrogens is 4. The predicted octanol–water partition coefficient (Wildman–Crippen LogP) is 1.13. The van der Waals surface area contributed by atoms with Crippen LogP contribution in [0.25, 0.3) is 11.4 Å². The van der Waals surface area contributed by atoms with Gasteiger partial charge in [-0.25, -0.2) is 28.7 Å². The molecule has 0 amide bonds. The molecule has 2 aromatic heterocycles. The van der Waals surface area contributed by atoms with Crippen molar-refractivity contribution >= 4 is 17.6 Å². The summed E-state index contributed by atoms with van der Waals surface area (Å²) in [6, 6.07) is 1.88. The van der Waals surface area contributed by atoms with E-state index in [4.69, 9.17) is 15.2 Å². The minimum atomic E-state index is -2.82. The molecular weight excluding hydrogens is 372 g/mol. The molecule has 11 heteroatoms. The number of hydrogen-bond donors (Lipinski definition) is 1. The molecule has 2 fully saturated rings. The second-order valence-corrected chi connectivity index (χ2v) is 6.43. The van der Waals surface area contributed by atoms with E-state index < -0.39 is 12.1 Å². The molecule has 2 aliphatic heterocycles. The van der Waals surface area contributed by atoms with Crippen LogP contribution in [0.15, 0.2) is 12.3 Å². The average Bonchev–Trinajstić information content (AvgIpc) is 2.74. The molecule has 0 radical (unpaired) electrons. The number of hydrogen-bond acceptors (Lipinski definition) is 9. The van der Waals surface area contributed by atoms with Crippen molar-refractivity contribution in [1.29, 1.82) is 0 Å². The van der Waals surface area contributed by atoms with E-state index >= 15 is 0 Å². The molecule has 0 unspecified atom stereocenters. The zero-order valence-corrected chi connectivity index (χ0v) is 15.2. The van der Waals surface area contributed by atoms with Gasteiger partial charge >= 0.3 is 0 Å². The van der Waals surface area contributed by atoms with E-state index in [2.05, 4.69) is 29.7 Å². The lowest BCUT2D eigenvalue weighted by Crippen LogP contribution is -2.39. The van der Waals surface area contributed by atoms with Crippen molar-refractivity contribution in [2.24, 2.45) is 0 Å². The van der Waals surface area contributed by atoms with Crippen LogP contribution in [0.4, 0.5) is 26.4 Å². The van der Waals surface area contributed by atoms with Crippen molar-refractivity contribution in [3.8, 4) is 11.4 Å². The standard InChI is InChI=1S/C17H21F2N7O2/c18-15(19)14-11(10-21-17(20)24-14)16-22-12(25-1-5-27-6-2-25)9-13(23-16)26-3-7-28-8-4-26/h9-10,15H,1-8H2,(H2,20,21,24). The first-order valence-electron chi connectivity index (χ1n) is 9.07. The summed E-state index contributed by atoms with van der Waals surface area (Å²) >= 11 is 0. The number of morpholine rings is 2. The molecule has 2 N–H and O–H groups in total. The lowest BCUT2D eigenvalue weighted by Gasteiger charge is -2.31. The molecule has 28 heavy (non-hydrogen) atoms. The summed E-state index contributed by atoms with van der Waals surface area (Å²) in [4.78, 5) is 20.8. The first-order chi connectivity index (χ1) is 13.6. The van der Waals surface area contributed by atoms with Crippen LogP contribution in [0, 0.1) is 0 Å². The van der Waals surface area contributed by atoms with Crippen molar-refractivity contribution in [2.75, 3.05) is 68.1 Å². The predicted molar refractivity (Wildman–Crippen MR) is 98.5 cm³/mol. The molecule has 4 rings (SSSR count). The van der Waals surface area contributed by atoms with Crippen molar-refractivity contribution < 1.29 is 18.3 Å². The number of nitrogens with zero attached hydrogens (tertiary/aromatic N) is 6. The normalized spacial score (nSPS) is 18.0. The van der Waals surface area contributed by atoms with E-state index in [-0.39, 0.29) is 17.3 Å². The molecule has 0 aliphatic carbocycles. The highest BCUT2D eigenvalue weighted by Crippen LogP contribution is 2.31. The molecule has 0 bridgehead atoms. The van der Waals surface area contributed by atoms with E-state index in [1.54, 1.807) is 0 Å². The summed E-state index contributed by atoms with van der Waals surface area (Å²) in [5, 5.41) is 0. The molecule has 0 spiro atoms. The van der Waals surface area contributed by atoms with Gasteiger partial charge in [-0.2, -0.15) is 0 Å². The zero-order valence-electron chi connectivity index (χ0n) is 15.2. The van der Waals surface area contributed by atoms with Gasteiger partial charge < -0.3 is 25.0 Å². The van der Waals surface area contributed by atoms with Gasteiger partial charge in [-0.1, -0.05) is 0 Å². The molecular formula is C17H21F2N7O2. The van der Waals surface area contributed by atoms with Crippen molar-refractivity contribution in [3.05, 3.63) is 18.0 Å². The topological polar surface area (TPSA) is 103 Å². The molecule has 4 heterocycles. The number of nitrogen functional groups attached to an aromatic ring is 1. The van der Waals surface area contributed by atoms with E-state index in [9.17, 15) is 8.78 Å². The van der Waals surface area contributed by atoms with E-state index in [1.165, 1.54) is 6.20 Å². The van der Waals surface area contributed by atoms with Gasteiger partial charge in [0, 0.05) is 38.4 Å². The van der Waals surface area contributed by atoms with E-state index in [1.807, 2.05) is 6.07 Å². The Labute approximate surface area is 160 Å². The van der Waals surface area contributed by atoms with Crippen LogP contribution in [0.1, 0.15) is 12.1 Å². The zero-order chi connectivity index (χ0) is 19.5. The summed E-state index contributed by atoms with van der Waals surface area (Å²) in [5.74, 6) is 1.26. The maximum Gasteiger partial charge on any atom is 0.281 e. The summed E-state index contributed by atoms with van der Waals surface area (Å²) in [5.41, 5.74) is 5.10. The molecule has 9 nitrogen and oxygen atoms in total. The largest absolute Gasteiger partial charge is 0.378 e. The first-order valence-corrected chi connectivity index (χ1v) is 9.07. The highest BCUT2D eigenvalue weighted by Gasteiger charge is 2.24. The second-order valence-electron chi connectivity index (χ2n) is 6.43. The van der Waals surface area contributed by atoms with Gasteiger partial charge in [0.15, 0.2) is 5.82 Å². The van der Waals surface area contributed by atoms with Crippen molar-refractivity contribution in [3.63, 3.8) is 0 Å². The van der Waals surface area contributed by atoms with Crippen LogP contribution < -0.4 is 15.5 Å². The maximum atomic E-state index is 13.5. The second kappa shape index (κ2) is 8.15. The Balaban J connectivity index is 1.79. The van der Waals surface area contributed by atoms with Crippen molar-refractivity contribution in [2.45, 2.75) is 6.43 Å². The molecule has 0 aromatic carbocycles. The minimum Gasteiger partial charge on any atom is -0.378 e. The Bertz CT molecular complexity index is 791. The van der Waals surface area contributed by atoms with Gasteiger partial charge in [0.1, 0.15) is 17.3 Å². The van der Waals surface area contributed by atoms with Crippen LogP contribution in [-0.4, -0.2) is 72.5 Å². The Hall–Kier alpha value is -2.66. The number of ether oxygens (including phenoxy) is 2. The van der Waals surface area contributed by atoms with Gasteiger partial charge in [-0.15, -0.1) is 0 Å². The highest BCUT2D eigenvalue weighted by molar-refractivity contribution is 5.64. The first kappa shape index (κ1) is 18.7. The summed E-state index contributed by atoms with van der Waals surface area (Å²) < 4.78 is 37.9. The number of alkyl halides is 2. The van der Waals surface area contributed by atoms with Gasteiger partial charge in [0.05, 0.1) is 32.0 Å². The van der Waals surface area contributed by atoms with Crippen LogP contribution in [-0.2, 0) is 9.47 Å². The summed E-state index contributed by atoms with van der Waals surface area (Å²) in [7, 11) is 0. The average molecular weight is 393 g/mol. The Morgan fingerprint density at radius 3 is 1.93 bits per heavy atom. The summed E-state index contributed by atoms with van der Waals surface area (Å²) in [6.07, 6.45) is -1.56. The number of rotatable bonds is 4. The van der Waals surface area contributed by atoms with Crippen LogP contribution in [0.5, 0.6) is 0 Å². The molecule has 2 aliphatic rings. The number of halogens is 2. The van der Waals surface area contributed by atoms with E-state index in [0.717, 1.165) is 0 Å². The molecule has 2 saturated heterocycles. The third-order valence-electron chi connectivity index (χ3n) is 4.65. The SMILES string of the molecule is Nc1ncc(-c2nc(N3CCOCC3)cc(N3CCOCC3)n2)c(C(F)F)n1. The summed E-state index contributed by atoms with van der Waals surface area (Å²) in [6.45, 7) is 4.99.